The second kappa shape index (κ2) is 4.78. The van der Waals surface area contributed by atoms with Gasteiger partial charge in [-0.25, -0.2) is 4.98 Å². The molecule has 1 aliphatic rings. The van der Waals surface area contributed by atoms with Crippen LogP contribution in [0.1, 0.15) is 25.0 Å². The maximum absolute atomic E-state index is 5.14. The van der Waals surface area contributed by atoms with Crippen molar-refractivity contribution in [1.82, 2.24) is 9.97 Å². The highest BCUT2D eigenvalue weighted by atomic mass is 16.5. The van der Waals surface area contributed by atoms with Gasteiger partial charge in [-0.15, -0.1) is 0 Å². The van der Waals surface area contributed by atoms with Crippen molar-refractivity contribution in [3.8, 4) is 0 Å². The quantitative estimate of drug-likeness (QED) is 0.798. The molecule has 1 aromatic rings. The van der Waals surface area contributed by atoms with Crippen LogP contribution in [0, 0.1) is 12.3 Å². The molecule has 4 heteroatoms. The molecule has 2 rings (SSSR count). The minimum Gasteiger partial charge on any atom is -0.385 e. The van der Waals surface area contributed by atoms with E-state index in [0.717, 1.165) is 31.1 Å². The molecular formula is C12H19N3O. The topological polar surface area (TPSA) is 47.0 Å². The fourth-order valence-electron chi connectivity index (χ4n) is 1.86. The van der Waals surface area contributed by atoms with Crippen LogP contribution in [0.15, 0.2) is 12.4 Å². The molecule has 1 aliphatic carbocycles. The van der Waals surface area contributed by atoms with E-state index < -0.39 is 0 Å². The Bertz CT molecular complexity index is 350. The number of hydrogen-bond donors (Lipinski definition) is 1. The molecule has 0 atom stereocenters. The summed E-state index contributed by atoms with van der Waals surface area (Å²) in [6.45, 7) is 3.81. The van der Waals surface area contributed by atoms with E-state index in [-0.39, 0.29) is 0 Å². The summed E-state index contributed by atoms with van der Waals surface area (Å²) >= 11 is 0. The maximum Gasteiger partial charge on any atom is 0.147 e. The van der Waals surface area contributed by atoms with E-state index >= 15 is 0 Å². The van der Waals surface area contributed by atoms with Crippen molar-refractivity contribution >= 4 is 5.82 Å². The largest absolute Gasteiger partial charge is 0.385 e. The minimum absolute atomic E-state index is 0.444. The third-order valence-corrected chi connectivity index (χ3v) is 3.31. The van der Waals surface area contributed by atoms with Crippen LogP contribution in [0.3, 0.4) is 0 Å². The van der Waals surface area contributed by atoms with Crippen molar-refractivity contribution in [2.45, 2.75) is 26.2 Å². The van der Waals surface area contributed by atoms with Crippen LogP contribution >= 0.6 is 0 Å². The van der Waals surface area contributed by atoms with Gasteiger partial charge in [0.05, 0.1) is 5.69 Å². The van der Waals surface area contributed by atoms with Gasteiger partial charge in [0.1, 0.15) is 5.82 Å². The van der Waals surface area contributed by atoms with E-state index in [4.69, 9.17) is 4.74 Å². The van der Waals surface area contributed by atoms with Crippen LogP contribution in [-0.2, 0) is 4.74 Å². The summed E-state index contributed by atoms with van der Waals surface area (Å²) in [5, 5.41) is 3.40. The summed E-state index contributed by atoms with van der Waals surface area (Å²) < 4.78 is 5.14. The number of aryl methyl sites for hydroxylation is 1. The average molecular weight is 221 g/mol. The van der Waals surface area contributed by atoms with E-state index in [2.05, 4.69) is 15.3 Å². The zero-order chi connectivity index (χ0) is 11.4. The number of hydrogen-bond acceptors (Lipinski definition) is 4. The first-order valence-corrected chi connectivity index (χ1v) is 5.76. The number of nitrogens with one attached hydrogen (secondary N) is 1. The molecular weight excluding hydrogens is 202 g/mol. The molecule has 4 nitrogen and oxygen atoms in total. The lowest BCUT2D eigenvalue weighted by Crippen LogP contribution is -2.18. The predicted octanol–water partition coefficient (Wildman–Crippen LogP) is 2.01. The molecule has 16 heavy (non-hydrogen) atoms. The second-order valence-electron chi connectivity index (χ2n) is 4.59. The predicted molar refractivity (Wildman–Crippen MR) is 63.4 cm³/mol. The third-order valence-electron chi connectivity index (χ3n) is 3.31. The lowest BCUT2D eigenvalue weighted by Gasteiger charge is -2.16. The van der Waals surface area contributed by atoms with Crippen LogP contribution in [0.4, 0.5) is 5.82 Å². The number of nitrogens with zero attached hydrogens (tertiary/aromatic N) is 2. The Balaban J connectivity index is 1.85. The van der Waals surface area contributed by atoms with Crippen LogP contribution in [-0.4, -0.2) is 30.2 Å². The number of methoxy groups -OCH3 is 1. The molecule has 1 N–H and O–H groups in total. The Labute approximate surface area is 96.4 Å². The molecule has 1 saturated carbocycles. The molecule has 0 amide bonds. The van der Waals surface area contributed by atoms with E-state index in [9.17, 15) is 0 Å². The van der Waals surface area contributed by atoms with Gasteiger partial charge in [0.15, 0.2) is 0 Å². The Hall–Kier alpha value is -1.16. The Kier molecular flexibility index (Phi) is 3.39. The zero-order valence-corrected chi connectivity index (χ0v) is 9.99. The fourth-order valence-corrected chi connectivity index (χ4v) is 1.86. The fraction of sp³-hybridized carbons (Fsp3) is 0.667. The molecule has 0 unspecified atom stereocenters. The van der Waals surface area contributed by atoms with Crippen LogP contribution in [0.5, 0.6) is 0 Å². The summed E-state index contributed by atoms with van der Waals surface area (Å²) in [4.78, 5) is 8.50. The molecule has 0 aromatic carbocycles. The van der Waals surface area contributed by atoms with Crippen molar-refractivity contribution in [2.75, 3.05) is 25.6 Å². The first-order valence-electron chi connectivity index (χ1n) is 5.76. The molecule has 0 saturated heterocycles. The van der Waals surface area contributed by atoms with Crippen LogP contribution in [0.25, 0.3) is 0 Å². The van der Waals surface area contributed by atoms with Crippen LogP contribution in [0.2, 0.25) is 0 Å². The van der Waals surface area contributed by atoms with Crippen molar-refractivity contribution in [2.24, 2.45) is 5.41 Å². The molecule has 0 aliphatic heterocycles. The molecule has 0 bridgehead atoms. The van der Waals surface area contributed by atoms with Crippen molar-refractivity contribution in [3.63, 3.8) is 0 Å². The van der Waals surface area contributed by atoms with E-state index in [1.165, 1.54) is 12.8 Å². The highest BCUT2D eigenvalue weighted by Crippen LogP contribution is 2.48. The van der Waals surface area contributed by atoms with E-state index in [1.807, 2.05) is 6.92 Å². The normalized spacial score (nSPS) is 17.1. The smallest absolute Gasteiger partial charge is 0.147 e. The maximum atomic E-state index is 5.14. The summed E-state index contributed by atoms with van der Waals surface area (Å²) in [6.07, 6.45) is 7.17. The molecule has 88 valence electrons. The number of rotatable bonds is 6. The van der Waals surface area contributed by atoms with Gasteiger partial charge in [-0.1, -0.05) is 0 Å². The molecule has 1 fully saturated rings. The van der Waals surface area contributed by atoms with Gasteiger partial charge in [0, 0.05) is 32.7 Å². The number of ether oxygens (including phenoxy) is 1. The Morgan fingerprint density at radius 2 is 2.12 bits per heavy atom. The molecule has 0 spiro atoms. The molecule has 1 aromatic heterocycles. The van der Waals surface area contributed by atoms with Gasteiger partial charge in [-0.3, -0.25) is 4.98 Å². The van der Waals surface area contributed by atoms with Gasteiger partial charge in [0.2, 0.25) is 0 Å². The minimum atomic E-state index is 0.444. The summed E-state index contributed by atoms with van der Waals surface area (Å²) in [5.41, 5.74) is 1.41. The van der Waals surface area contributed by atoms with Gasteiger partial charge in [0.25, 0.3) is 0 Å². The number of aromatic nitrogens is 2. The average Bonchev–Trinajstić information content (AvgIpc) is 3.06. The summed E-state index contributed by atoms with van der Waals surface area (Å²) in [5.74, 6) is 0.909. The Morgan fingerprint density at radius 3 is 2.75 bits per heavy atom. The van der Waals surface area contributed by atoms with Crippen molar-refractivity contribution < 1.29 is 4.74 Å². The van der Waals surface area contributed by atoms with E-state index in [1.54, 1.807) is 19.5 Å². The standard InChI is InChI=1S/C12H19N3O/c1-10-11(14-7-6-13-10)15-9-12(3-4-12)5-8-16-2/h6-7H,3-5,8-9H2,1-2H3,(H,14,15). The summed E-state index contributed by atoms with van der Waals surface area (Å²) in [6, 6.07) is 0. The summed E-state index contributed by atoms with van der Waals surface area (Å²) in [7, 11) is 1.76. The van der Waals surface area contributed by atoms with Gasteiger partial charge in [-0.2, -0.15) is 0 Å². The molecule has 1 heterocycles. The lowest BCUT2D eigenvalue weighted by atomic mass is 10.0. The Morgan fingerprint density at radius 1 is 1.38 bits per heavy atom. The first-order chi connectivity index (χ1) is 7.76. The SMILES string of the molecule is COCCC1(CNc2nccnc2C)CC1. The lowest BCUT2D eigenvalue weighted by molar-refractivity contribution is 0.175. The highest BCUT2D eigenvalue weighted by molar-refractivity contribution is 5.38. The highest BCUT2D eigenvalue weighted by Gasteiger charge is 2.41. The van der Waals surface area contributed by atoms with Gasteiger partial charge in [-0.05, 0) is 31.6 Å². The van der Waals surface area contributed by atoms with Crippen molar-refractivity contribution in [1.29, 1.82) is 0 Å². The monoisotopic (exact) mass is 221 g/mol. The first kappa shape index (κ1) is 11.3. The van der Waals surface area contributed by atoms with E-state index in [0.29, 0.717) is 5.41 Å². The zero-order valence-electron chi connectivity index (χ0n) is 9.99. The van der Waals surface area contributed by atoms with Crippen molar-refractivity contribution in [3.05, 3.63) is 18.1 Å². The van der Waals surface area contributed by atoms with Gasteiger partial charge < -0.3 is 10.1 Å². The molecule has 0 radical (unpaired) electrons. The third kappa shape index (κ3) is 2.70. The van der Waals surface area contributed by atoms with Gasteiger partial charge >= 0.3 is 0 Å². The second-order valence-corrected chi connectivity index (χ2v) is 4.59. The van der Waals surface area contributed by atoms with Crippen LogP contribution < -0.4 is 5.32 Å². The number of anilines is 1.